The van der Waals surface area contributed by atoms with Gasteiger partial charge in [-0.1, -0.05) is 116 Å². The molecule has 1 saturated heterocycles. The number of aliphatic hydroxyl groups is 2. The summed E-state index contributed by atoms with van der Waals surface area (Å²) in [5, 5.41) is 35.3. The molecule has 568 valence electrons. The third-order valence-electron chi connectivity index (χ3n) is 18.4. The van der Waals surface area contributed by atoms with Gasteiger partial charge in [0.1, 0.15) is 54.4 Å². The fraction of sp³-hybridized carbons (Fsp3) is 0.716. The van der Waals surface area contributed by atoms with Gasteiger partial charge in [-0.25, -0.2) is 4.79 Å². The first kappa shape index (κ1) is 87.6. The Bertz CT molecular complexity index is 3000. The van der Waals surface area contributed by atoms with E-state index in [-0.39, 0.29) is 68.1 Å². The third-order valence-corrected chi connectivity index (χ3v) is 18.4. The molecule has 0 unspecified atom stereocenters. The summed E-state index contributed by atoms with van der Waals surface area (Å²) in [5.41, 5.74) is 1.52. The molecule has 0 radical (unpaired) electrons. The number of esters is 1. The summed E-state index contributed by atoms with van der Waals surface area (Å²) >= 11 is 0. The van der Waals surface area contributed by atoms with Crippen molar-refractivity contribution in [1.29, 1.82) is 0 Å². The molecule has 27 heteroatoms. The highest BCUT2D eigenvalue weighted by molar-refractivity contribution is 5.99. The molecule has 0 aromatic carbocycles. The van der Waals surface area contributed by atoms with E-state index < -0.39 is 162 Å². The van der Waals surface area contributed by atoms with Crippen molar-refractivity contribution in [2.75, 3.05) is 55.4 Å². The zero-order valence-corrected chi connectivity index (χ0v) is 64.6. The lowest BCUT2D eigenvalue weighted by Gasteiger charge is -2.40. The van der Waals surface area contributed by atoms with Gasteiger partial charge in [0, 0.05) is 67.8 Å². The summed E-state index contributed by atoms with van der Waals surface area (Å²) in [6, 6.07) is -1.45. The van der Waals surface area contributed by atoms with Crippen molar-refractivity contribution in [2.24, 2.45) is 47.3 Å². The highest BCUT2D eigenvalue weighted by Crippen LogP contribution is 2.26. The Morgan fingerprint density at radius 3 is 1.31 bits per heavy atom. The lowest BCUT2D eigenvalue weighted by Crippen LogP contribution is -2.64. The number of ether oxygens (including phenoxy) is 1. The van der Waals surface area contributed by atoms with Crippen LogP contribution in [0.15, 0.2) is 48.8 Å². The molecule has 1 fully saturated rings. The fourth-order valence-electron chi connectivity index (χ4n) is 12.5. The number of nitrogens with zero attached hydrogens (tertiary/aromatic N) is 9. The first-order valence-corrected chi connectivity index (χ1v) is 35.9. The van der Waals surface area contributed by atoms with Crippen molar-refractivity contribution in [3.05, 3.63) is 60.2 Å². The topological polar surface area (TPSA) is 334 Å². The van der Waals surface area contributed by atoms with E-state index in [4.69, 9.17) is 4.74 Å². The number of amides is 10. The summed E-state index contributed by atoms with van der Waals surface area (Å²) in [5.74, 6) is -12.0. The molecule has 0 spiro atoms. The molecule has 2 aromatic heterocycles. The van der Waals surface area contributed by atoms with E-state index in [1.165, 1.54) is 70.8 Å². The van der Waals surface area contributed by atoms with Gasteiger partial charge < -0.3 is 65.6 Å². The van der Waals surface area contributed by atoms with Gasteiger partial charge in [-0.15, -0.1) is 0 Å². The SMILES string of the molecule is CC(C)C[C@@H]1NC(=O)[C@H](CC(C)C)N(C)C(=O)CN(C)C(=O)[C@H]([C@@H](C)O)NC(=O)[C@H]([C@H](O)[C@H](C)CCN(Cc2ccccn2)Cc2ccccn2)N(C)C(=O)[C@H](C(C)C)N(C)C(=O)[C@@H](CC(C)C)NC(=O)[C@H](CC(C)C)N(C)C(=O)[C@@H](C(C)C)OC(=O)[C@H](C)NC(=O)[C@H](CC(C)C)N(C)C1=O. The Morgan fingerprint density at radius 1 is 0.485 bits per heavy atom. The van der Waals surface area contributed by atoms with E-state index in [1.54, 1.807) is 59.1 Å². The Balaban J connectivity index is 2.36. The molecule has 13 atom stereocenters. The standard InChI is InChI=1S/C74H123N13O14/c1-42(2)34-54-69(95)83(20)57(37-45(7)8)65(91)77-50(16)74(100)101-64(48(13)14)73(99)84(21)58(38-46(9)10)67(93)79-55(35-43(3)4)70(96)85(22)61(47(11)12)72(98)86(23)62(63(90)49(15)30-33-87(39-52-28-24-26-31-75-52)40-53-29-25-27-32-76-53)68(94)80-60(51(17)88)71(97)81(18)41-59(89)82(19)56(36-44(5)6)66(92)78-54/h24-29,31-32,42-51,54-58,60-64,88,90H,30,33-41H2,1-23H3,(H,77,91)(H,78,92)(H,79,93)(H,80,94)/t49-,50+,51-,54+,55-,56+,57+,58+,60+,61+,62+,63-,64-/m1/s1. The number of rotatable bonds is 22. The van der Waals surface area contributed by atoms with Crippen LogP contribution in [0.2, 0.25) is 0 Å². The molecule has 0 aliphatic carbocycles. The molecule has 3 heterocycles. The van der Waals surface area contributed by atoms with Crippen LogP contribution >= 0.6 is 0 Å². The lowest BCUT2D eigenvalue weighted by atomic mass is 9.91. The van der Waals surface area contributed by atoms with Crippen LogP contribution in [0.25, 0.3) is 0 Å². The molecule has 0 bridgehead atoms. The van der Waals surface area contributed by atoms with Gasteiger partial charge in [0.25, 0.3) is 5.91 Å². The highest BCUT2D eigenvalue weighted by atomic mass is 16.6. The lowest BCUT2D eigenvalue weighted by molar-refractivity contribution is -0.166. The normalized spacial score (nSPS) is 24.7. The van der Waals surface area contributed by atoms with Crippen molar-refractivity contribution in [1.82, 2.24) is 65.5 Å². The van der Waals surface area contributed by atoms with E-state index in [9.17, 15) is 48.6 Å². The number of cyclic esters (lactones) is 1. The minimum Gasteiger partial charge on any atom is -0.450 e. The smallest absolute Gasteiger partial charge is 0.329 e. The molecule has 1 aliphatic rings. The van der Waals surface area contributed by atoms with E-state index >= 15 is 14.4 Å². The van der Waals surface area contributed by atoms with Crippen LogP contribution in [-0.4, -0.2) is 248 Å². The van der Waals surface area contributed by atoms with Crippen molar-refractivity contribution in [3.8, 4) is 0 Å². The molecular weight excluding hydrogens is 1290 g/mol. The summed E-state index contributed by atoms with van der Waals surface area (Å²) in [6.45, 7) is 29.8. The third kappa shape index (κ3) is 26.3. The number of hydrogen-bond donors (Lipinski definition) is 6. The first-order valence-electron chi connectivity index (χ1n) is 35.9. The summed E-state index contributed by atoms with van der Waals surface area (Å²) in [6.07, 6.45) is -0.774. The van der Waals surface area contributed by atoms with E-state index in [0.29, 0.717) is 19.6 Å². The molecule has 10 amide bonds. The molecule has 27 nitrogen and oxygen atoms in total. The fourth-order valence-corrected chi connectivity index (χ4v) is 12.5. The molecule has 3 rings (SSSR count). The van der Waals surface area contributed by atoms with E-state index in [2.05, 4.69) is 36.1 Å². The second-order valence-corrected chi connectivity index (χ2v) is 30.6. The van der Waals surface area contributed by atoms with Crippen LogP contribution in [0, 0.1) is 47.3 Å². The van der Waals surface area contributed by atoms with Gasteiger partial charge in [-0.2, -0.15) is 0 Å². The minimum absolute atomic E-state index is 0.0593. The van der Waals surface area contributed by atoms with Crippen LogP contribution in [0.3, 0.4) is 0 Å². The van der Waals surface area contributed by atoms with Crippen LogP contribution in [0.5, 0.6) is 0 Å². The number of aromatic nitrogens is 2. The largest absolute Gasteiger partial charge is 0.450 e. The van der Waals surface area contributed by atoms with Gasteiger partial charge in [0.15, 0.2) is 6.10 Å². The van der Waals surface area contributed by atoms with Crippen molar-refractivity contribution < 1.29 is 67.7 Å². The zero-order chi connectivity index (χ0) is 76.8. The maximum Gasteiger partial charge on any atom is 0.329 e. The molecule has 0 saturated carbocycles. The van der Waals surface area contributed by atoms with Gasteiger partial charge in [0.05, 0.1) is 30.1 Å². The van der Waals surface area contributed by atoms with Gasteiger partial charge in [-0.3, -0.25) is 62.8 Å². The summed E-state index contributed by atoms with van der Waals surface area (Å²) < 4.78 is 5.93. The average molecular weight is 1420 g/mol. The van der Waals surface area contributed by atoms with Crippen molar-refractivity contribution in [2.45, 2.75) is 242 Å². The average Bonchev–Trinajstić information content (AvgIpc) is 0.806. The predicted molar refractivity (Wildman–Crippen MR) is 385 cm³/mol. The Labute approximate surface area is 600 Å². The quantitative estimate of drug-likeness (QED) is 0.0897. The second kappa shape index (κ2) is 40.9. The van der Waals surface area contributed by atoms with Crippen molar-refractivity contribution >= 4 is 65.0 Å². The number of pyridine rings is 2. The molecule has 1 aliphatic heterocycles. The summed E-state index contributed by atoms with van der Waals surface area (Å²) in [7, 11) is 8.15. The number of aliphatic hydroxyl groups excluding tert-OH is 2. The Hall–Kier alpha value is -7.65. The number of likely N-dealkylation sites (N-methyl/N-ethyl adjacent to an activating group) is 6. The maximum atomic E-state index is 15.6. The van der Waals surface area contributed by atoms with E-state index in [1.807, 2.05) is 93.5 Å². The minimum atomic E-state index is -1.82. The molecule has 6 N–H and O–H groups in total. The zero-order valence-electron chi connectivity index (χ0n) is 64.6. The first-order chi connectivity index (χ1) is 47.0. The second-order valence-electron chi connectivity index (χ2n) is 30.6. The van der Waals surface area contributed by atoms with Crippen LogP contribution < -0.4 is 21.3 Å². The Kier molecular flexibility index (Phi) is 35.4. The number of carbonyl (C=O) groups is 11. The van der Waals surface area contributed by atoms with Gasteiger partial charge in [-0.05, 0) is 131 Å². The highest BCUT2D eigenvalue weighted by Gasteiger charge is 2.46. The molecule has 101 heavy (non-hydrogen) atoms. The van der Waals surface area contributed by atoms with Gasteiger partial charge >= 0.3 is 5.97 Å². The van der Waals surface area contributed by atoms with Crippen LogP contribution in [0.4, 0.5) is 0 Å². The number of hydrogen-bond acceptors (Lipinski definition) is 17. The monoisotopic (exact) mass is 1420 g/mol. The number of nitrogens with one attached hydrogen (secondary N) is 4. The van der Waals surface area contributed by atoms with Crippen LogP contribution in [0.1, 0.15) is 168 Å². The van der Waals surface area contributed by atoms with Crippen LogP contribution in [-0.2, 0) is 70.6 Å². The molecule has 2 aromatic rings. The van der Waals surface area contributed by atoms with Gasteiger partial charge in [0.2, 0.25) is 53.2 Å². The predicted octanol–water partition coefficient (Wildman–Crippen LogP) is 4.27. The maximum absolute atomic E-state index is 15.6. The Morgan fingerprint density at radius 2 is 0.901 bits per heavy atom. The molecular formula is C74H123N13O14. The van der Waals surface area contributed by atoms with Crippen molar-refractivity contribution in [3.63, 3.8) is 0 Å². The summed E-state index contributed by atoms with van der Waals surface area (Å²) in [4.78, 5) is 181. The van der Waals surface area contributed by atoms with E-state index in [0.717, 1.165) is 26.1 Å². The number of carbonyl (C=O) groups excluding carboxylic acids is 11.